The summed E-state index contributed by atoms with van der Waals surface area (Å²) in [5.74, 6) is -0.133. The van der Waals surface area contributed by atoms with Gasteiger partial charge in [-0.25, -0.2) is 4.98 Å². The van der Waals surface area contributed by atoms with Gasteiger partial charge in [-0.3, -0.25) is 9.48 Å². The van der Waals surface area contributed by atoms with Gasteiger partial charge in [0, 0.05) is 25.0 Å². The highest BCUT2D eigenvalue weighted by atomic mass is 32.1. The minimum Gasteiger partial charge on any atom is -0.381 e. The van der Waals surface area contributed by atoms with E-state index in [0.717, 1.165) is 36.3 Å². The Morgan fingerprint density at radius 3 is 3.09 bits per heavy atom. The zero-order valence-corrected chi connectivity index (χ0v) is 13.3. The molecule has 1 saturated heterocycles. The van der Waals surface area contributed by atoms with Crippen LogP contribution in [0.1, 0.15) is 29.2 Å². The fourth-order valence-corrected chi connectivity index (χ4v) is 3.47. The van der Waals surface area contributed by atoms with Gasteiger partial charge < -0.3 is 10.1 Å². The summed E-state index contributed by atoms with van der Waals surface area (Å²) in [5, 5.41) is 7.27. The maximum atomic E-state index is 12.4. The first-order valence-corrected chi connectivity index (χ1v) is 8.44. The van der Waals surface area contributed by atoms with Crippen LogP contribution in [0.2, 0.25) is 0 Å². The number of carbonyl (C=O) groups is 1. The molecule has 1 aliphatic heterocycles. The number of fused-ring (bicyclic) bond motifs is 1. The van der Waals surface area contributed by atoms with Crippen LogP contribution in [0.5, 0.6) is 0 Å². The number of aromatic nitrogens is 3. The lowest BCUT2D eigenvalue weighted by Crippen LogP contribution is -2.19. The first kappa shape index (κ1) is 14.3. The number of hydrogen-bond acceptors (Lipinski definition) is 5. The van der Waals surface area contributed by atoms with Crippen molar-refractivity contribution < 1.29 is 9.53 Å². The van der Waals surface area contributed by atoms with Gasteiger partial charge in [-0.05, 0) is 31.0 Å². The number of amides is 1. The summed E-state index contributed by atoms with van der Waals surface area (Å²) in [7, 11) is 0. The molecule has 2 aromatic heterocycles. The van der Waals surface area contributed by atoms with E-state index in [-0.39, 0.29) is 5.91 Å². The van der Waals surface area contributed by atoms with Gasteiger partial charge >= 0.3 is 0 Å². The summed E-state index contributed by atoms with van der Waals surface area (Å²) >= 11 is 1.53. The molecule has 4 rings (SSSR count). The first-order chi connectivity index (χ1) is 11.3. The molecular weight excluding hydrogens is 312 g/mol. The fraction of sp³-hybridized carbons (Fsp3) is 0.312. The van der Waals surface area contributed by atoms with Crippen LogP contribution in [0.4, 0.5) is 5.69 Å². The van der Waals surface area contributed by atoms with Crippen molar-refractivity contribution in [2.45, 2.75) is 18.9 Å². The van der Waals surface area contributed by atoms with E-state index < -0.39 is 0 Å². The molecule has 1 amide bonds. The van der Waals surface area contributed by atoms with Gasteiger partial charge in [-0.15, -0.1) is 11.3 Å². The zero-order valence-electron chi connectivity index (χ0n) is 12.4. The monoisotopic (exact) mass is 328 g/mol. The van der Waals surface area contributed by atoms with E-state index in [4.69, 9.17) is 4.74 Å². The second-order valence-corrected chi connectivity index (χ2v) is 6.43. The third kappa shape index (κ3) is 2.97. The Morgan fingerprint density at radius 2 is 2.22 bits per heavy atom. The average Bonchev–Trinajstić information content (AvgIpc) is 3.24. The Bertz CT molecular complexity index is 835. The van der Waals surface area contributed by atoms with Crippen LogP contribution in [-0.2, 0) is 4.74 Å². The van der Waals surface area contributed by atoms with Crippen LogP contribution >= 0.6 is 11.3 Å². The predicted octanol–water partition coefficient (Wildman–Crippen LogP) is 3.10. The Morgan fingerprint density at radius 1 is 1.35 bits per heavy atom. The summed E-state index contributed by atoms with van der Waals surface area (Å²) in [4.78, 5) is 16.6. The topological polar surface area (TPSA) is 69.0 Å². The van der Waals surface area contributed by atoms with Crippen molar-refractivity contribution in [1.29, 1.82) is 0 Å². The lowest BCUT2D eigenvalue weighted by Gasteiger charge is -2.22. The summed E-state index contributed by atoms with van der Waals surface area (Å²) < 4.78 is 8.29. The molecule has 1 aromatic carbocycles. The van der Waals surface area contributed by atoms with Crippen LogP contribution in [-0.4, -0.2) is 33.9 Å². The number of carbonyl (C=O) groups excluding carboxylic acids is 1. The zero-order chi connectivity index (χ0) is 15.6. The second kappa shape index (κ2) is 6.10. The number of anilines is 1. The molecule has 0 spiro atoms. The largest absolute Gasteiger partial charge is 0.381 e. The van der Waals surface area contributed by atoms with E-state index in [1.54, 1.807) is 17.8 Å². The molecule has 1 N–H and O–H groups in total. The van der Waals surface area contributed by atoms with Gasteiger partial charge in [-0.1, -0.05) is 0 Å². The molecule has 0 bridgehead atoms. The molecule has 23 heavy (non-hydrogen) atoms. The number of nitrogens with one attached hydrogen (secondary N) is 1. The van der Waals surface area contributed by atoms with Crippen molar-refractivity contribution in [3.05, 3.63) is 41.7 Å². The fourth-order valence-electron chi connectivity index (χ4n) is 2.75. The Hall–Kier alpha value is -2.25. The Kier molecular flexibility index (Phi) is 3.80. The van der Waals surface area contributed by atoms with E-state index in [9.17, 15) is 4.79 Å². The second-order valence-electron chi connectivity index (χ2n) is 5.54. The molecule has 1 aliphatic rings. The van der Waals surface area contributed by atoms with Gasteiger partial charge in [0.2, 0.25) is 0 Å². The molecular formula is C16H16N4O2S. The number of benzene rings is 1. The molecule has 0 saturated carbocycles. The number of ether oxygens (including phenoxy) is 1. The molecule has 0 atom stereocenters. The molecule has 3 heterocycles. The van der Waals surface area contributed by atoms with Gasteiger partial charge in [0.25, 0.3) is 5.91 Å². The lowest BCUT2D eigenvalue weighted by molar-refractivity contribution is 0.0662. The first-order valence-electron chi connectivity index (χ1n) is 7.56. The van der Waals surface area contributed by atoms with E-state index >= 15 is 0 Å². The highest BCUT2D eigenvalue weighted by Gasteiger charge is 2.17. The molecule has 0 aliphatic carbocycles. The number of thiazole rings is 1. The maximum absolute atomic E-state index is 12.4. The van der Waals surface area contributed by atoms with Crippen molar-refractivity contribution in [1.82, 2.24) is 14.8 Å². The van der Waals surface area contributed by atoms with Crippen molar-refractivity contribution in [2.75, 3.05) is 18.5 Å². The number of hydrogen-bond donors (Lipinski definition) is 1. The van der Waals surface area contributed by atoms with E-state index in [2.05, 4.69) is 15.4 Å². The van der Waals surface area contributed by atoms with Crippen molar-refractivity contribution in [3.8, 4) is 0 Å². The molecule has 7 heteroatoms. The highest BCUT2D eigenvalue weighted by Crippen LogP contribution is 2.22. The third-order valence-corrected chi connectivity index (χ3v) is 4.81. The van der Waals surface area contributed by atoms with Gasteiger partial charge in [0.15, 0.2) is 0 Å². The van der Waals surface area contributed by atoms with E-state index in [1.807, 2.05) is 23.0 Å². The molecule has 0 unspecified atom stereocenters. The molecule has 3 aromatic rings. The predicted molar refractivity (Wildman–Crippen MR) is 88.9 cm³/mol. The van der Waals surface area contributed by atoms with Gasteiger partial charge in [0.05, 0.1) is 33.7 Å². The number of nitrogens with zero attached hydrogens (tertiary/aromatic N) is 3. The van der Waals surface area contributed by atoms with Crippen LogP contribution in [0.25, 0.3) is 10.2 Å². The molecule has 118 valence electrons. The van der Waals surface area contributed by atoms with E-state index in [0.29, 0.717) is 17.3 Å². The maximum Gasteiger partial charge on any atom is 0.255 e. The quantitative estimate of drug-likeness (QED) is 0.802. The van der Waals surface area contributed by atoms with Crippen molar-refractivity contribution >= 4 is 33.1 Å². The summed E-state index contributed by atoms with van der Waals surface area (Å²) in [5.41, 5.74) is 4.04. The lowest BCUT2D eigenvalue weighted by atomic mass is 10.1. The molecule has 0 radical (unpaired) electrons. The average molecular weight is 328 g/mol. The van der Waals surface area contributed by atoms with Crippen LogP contribution in [0.3, 0.4) is 0 Å². The number of rotatable bonds is 3. The standard InChI is InChI=1S/C16H16N4O2S/c21-16(11-1-2-14-15(7-11)23-10-17-14)19-12-8-18-20(9-12)13-3-5-22-6-4-13/h1-2,7-10,13H,3-6H2,(H,19,21). The SMILES string of the molecule is O=C(Nc1cnn(C2CCOCC2)c1)c1ccc2ncsc2c1. The molecule has 6 nitrogen and oxygen atoms in total. The van der Waals surface area contributed by atoms with Crippen molar-refractivity contribution in [3.63, 3.8) is 0 Å². The van der Waals surface area contributed by atoms with E-state index in [1.165, 1.54) is 11.3 Å². The summed E-state index contributed by atoms with van der Waals surface area (Å²) in [6.07, 6.45) is 5.49. The van der Waals surface area contributed by atoms with Crippen LogP contribution in [0.15, 0.2) is 36.1 Å². The normalized spacial score (nSPS) is 15.8. The van der Waals surface area contributed by atoms with Gasteiger partial charge in [-0.2, -0.15) is 5.10 Å². The summed E-state index contributed by atoms with van der Waals surface area (Å²) in [6, 6.07) is 5.88. The smallest absolute Gasteiger partial charge is 0.255 e. The highest BCUT2D eigenvalue weighted by molar-refractivity contribution is 7.16. The van der Waals surface area contributed by atoms with Crippen LogP contribution in [0, 0.1) is 0 Å². The Labute approximate surface area is 137 Å². The molecule has 1 fully saturated rings. The van der Waals surface area contributed by atoms with Crippen LogP contribution < -0.4 is 5.32 Å². The third-order valence-electron chi connectivity index (χ3n) is 4.02. The summed E-state index contributed by atoms with van der Waals surface area (Å²) in [6.45, 7) is 1.53. The minimum absolute atomic E-state index is 0.133. The van der Waals surface area contributed by atoms with Crippen molar-refractivity contribution in [2.24, 2.45) is 0 Å². The van der Waals surface area contributed by atoms with Gasteiger partial charge in [0.1, 0.15) is 0 Å². The Balaban J connectivity index is 1.48. The minimum atomic E-state index is -0.133.